The molecule has 0 bridgehead atoms. The van der Waals surface area contributed by atoms with Crippen LogP contribution >= 0.6 is 23.2 Å². The van der Waals surface area contributed by atoms with Crippen LogP contribution in [0.1, 0.15) is 11.3 Å². The molecular formula is C17H11Cl2N3. The molecule has 0 aliphatic heterocycles. The van der Waals surface area contributed by atoms with Gasteiger partial charge in [-0.05, 0) is 42.8 Å². The molecule has 1 heterocycles. The first kappa shape index (κ1) is 14.6. The van der Waals surface area contributed by atoms with Crippen LogP contribution in [0.2, 0.25) is 10.0 Å². The van der Waals surface area contributed by atoms with Gasteiger partial charge in [-0.3, -0.25) is 0 Å². The highest BCUT2D eigenvalue weighted by molar-refractivity contribution is 6.31. The molecule has 0 radical (unpaired) electrons. The first-order valence-electron chi connectivity index (χ1n) is 6.61. The number of halogens is 2. The molecule has 0 saturated carbocycles. The van der Waals surface area contributed by atoms with Gasteiger partial charge in [0, 0.05) is 21.7 Å². The molecule has 0 atom stereocenters. The summed E-state index contributed by atoms with van der Waals surface area (Å²) in [6.45, 7) is 1.94. The summed E-state index contributed by atoms with van der Waals surface area (Å²) >= 11 is 12.1. The van der Waals surface area contributed by atoms with Crippen molar-refractivity contribution in [1.82, 2.24) is 9.78 Å². The third kappa shape index (κ3) is 2.71. The summed E-state index contributed by atoms with van der Waals surface area (Å²) in [5, 5.41) is 14.8. The Morgan fingerprint density at radius 1 is 1.09 bits per heavy atom. The maximum absolute atomic E-state index is 9.15. The van der Waals surface area contributed by atoms with Gasteiger partial charge in [0.2, 0.25) is 0 Å². The molecule has 0 unspecified atom stereocenters. The predicted octanol–water partition coefficient (Wildman–Crippen LogP) is 5.03. The molecule has 0 aliphatic carbocycles. The fraction of sp³-hybridized carbons (Fsp3) is 0.0588. The molecule has 1 aromatic heterocycles. The lowest BCUT2D eigenvalue weighted by Crippen LogP contribution is -1.99. The maximum Gasteiger partial charge on any atom is 0.163 e. The van der Waals surface area contributed by atoms with E-state index < -0.39 is 0 Å². The fourth-order valence-electron chi connectivity index (χ4n) is 2.25. The van der Waals surface area contributed by atoms with E-state index in [9.17, 15) is 0 Å². The molecule has 5 heteroatoms. The lowest BCUT2D eigenvalue weighted by Gasteiger charge is -2.09. The topological polar surface area (TPSA) is 41.6 Å². The van der Waals surface area contributed by atoms with Crippen LogP contribution < -0.4 is 0 Å². The summed E-state index contributed by atoms with van der Waals surface area (Å²) in [5.74, 6) is 0. The van der Waals surface area contributed by atoms with E-state index in [1.807, 2.05) is 43.3 Å². The van der Waals surface area contributed by atoms with Crippen LogP contribution in [0, 0.1) is 18.3 Å². The summed E-state index contributed by atoms with van der Waals surface area (Å²) in [6.07, 6.45) is 0. The molecule has 0 spiro atoms. The Morgan fingerprint density at radius 3 is 2.59 bits per heavy atom. The highest BCUT2D eigenvalue weighted by Gasteiger charge is 2.12. The van der Waals surface area contributed by atoms with Gasteiger partial charge in [0.1, 0.15) is 6.07 Å². The average Bonchev–Trinajstić information content (AvgIpc) is 2.94. The smallest absolute Gasteiger partial charge is 0.163 e. The second kappa shape index (κ2) is 5.84. The summed E-state index contributed by atoms with van der Waals surface area (Å²) in [4.78, 5) is 0. The van der Waals surface area contributed by atoms with E-state index in [-0.39, 0.29) is 0 Å². The highest BCUT2D eigenvalue weighted by atomic mass is 35.5. The number of hydrogen-bond donors (Lipinski definition) is 0. The summed E-state index contributed by atoms with van der Waals surface area (Å²) < 4.78 is 1.72. The second-order valence-electron chi connectivity index (χ2n) is 4.88. The minimum absolute atomic E-state index is 0.350. The van der Waals surface area contributed by atoms with E-state index in [1.165, 1.54) is 0 Å². The number of nitrogens with zero attached hydrogens (tertiary/aromatic N) is 3. The van der Waals surface area contributed by atoms with E-state index in [2.05, 4.69) is 11.2 Å². The Labute approximate surface area is 138 Å². The van der Waals surface area contributed by atoms with Gasteiger partial charge >= 0.3 is 0 Å². The van der Waals surface area contributed by atoms with Crippen LogP contribution in [0.5, 0.6) is 0 Å². The first-order valence-corrected chi connectivity index (χ1v) is 7.37. The molecule has 0 fully saturated rings. The quantitative estimate of drug-likeness (QED) is 0.662. The van der Waals surface area contributed by atoms with Gasteiger partial charge in [-0.1, -0.05) is 35.3 Å². The normalized spacial score (nSPS) is 10.5. The number of aryl methyl sites for hydroxylation is 1. The standard InChI is InChI=1S/C17H11Cl2N3/c1-11-7-12(5-6-16(11)19)17-9-14(10-20)21-22(17)15-4-2-3-13(18)8-15/h2-9H,1H3. The van der Waals surface area contributed by atoms with Crippen molar-refractivity contribution in [1.29, 1.82) is 5.26 Å². The molecule has 22 heavy (non-hydrogen) atoms. The van der Waals surface area contributed by atoms with Crippen molar-refractivity contribution in [2.24, 2.45) is 0 Å². The van der Waals surface area contributed by atoms with Crippen molar-refractivity contribution >= 4 is 23.2 Å². The minimum Gasteiger partial charge on any atom is -0.232 e. The van der Waals surface area contributed by atoms with Gasteiger partial charge in [0.05, 0.1) is 11.4 Å². The van der Waals surface area contributed by atoms with Crippen molar-refractivity contribution in [3.63, 3.8) is 0 Å². The van der Waals surface area contributed by atoms with Gasteiger partial charge in [-0.25, -0.2) is 4.68 Å². The van der Waals surface area contributed by atoms with Gasteiger partial charge in [0.15, 0.2) is 5.69 Å². The van der Waals surface area contributed by atoms with Crippen molar-refractivity contribution in [2.45, 2.75) is 6.92 Å². The van der Waals surface area contributed by atoms with Gasteiger partial charge in [0.25, 0.3) is 0 Å². The van der Waals surface area contributed by atoms with E-state index >= 15 is 0 Å². The molecular weight excluding hydrogens is 317 g/mol. The first-order chi connectivity index (χ1) is 10.6. The van der Waals surface area contributed by atoms with Crippen LogP contribution in [0.4, 0.5) is 0 Å². The number of aromatic nitrogens is 2. The van der Waals surface area contributed by atoms with Gasteiger partial charge in [-0.2, -0.15) is 10.4 Å². The molecule has 3 nitrogen and oxygen atoms in total. The van der Waals surface area contributed by atoms with Crippen LogP contribution in [0.3, 0.4) is 0 Å². The molecule has 0 aliphatic rings. The zero-order valence-corrected chi connectivity index (χ0v) is 13.2. The van der Waals surface area contributed by atoms with Crippen LogP contribution in [-0.4, -0.2) is 9.78 Å². The van der Waals surface area contributed by atoms with E-state index in [1.54, 1.807) is 16.8 Å². The van der Waals surface area contributed by atoms with Crippen LogP contribution in [0.25, 0.3) is 16.9 Å². The minimum atomic E-state index is 0.350. The van der Waals surface area contributed by atoms with E-state index in [4.69, 9.17) is 28.5 Å². The van der Waals surface area contributed by atoms with Crippen molar-refractivity contribution < 1.29 is 0 Å². The SMILES string of the molecule is Cc1cc(-c2cc(C#N)nn2-c2cccc(Cl)c2)ccc1Cl. The third-order valence-electron chi connectivity index (χ3n) is 3.33. The molecule has 2 aromatic carbocycles. The molecule has 3 rings (SSSR count). The Bertz CT molecular complexity index is 891. The molecule has 3 aromatic rings. The van der Waals surface area contributed by atoms with Crippen molar-refractivity contribution in [3.8, 4) is 23.0 Å². The maximum atomic E-state index is 9.15. The average molecular weight is 328 g/mol. The number of rotatable bonds is 2. The van der Waals surface area contributed by atoms with E-state index in [0.717, 1.165) is 22.5 Å². The van der Waals surface area contributed by atoms with Crippen LogP contribution in [-0.2, 0) is 0 Å². The Kier molecular flexibility index (Phi) is 3.89. The Hall–Kier alpha value is -2.28. The number of benzene rings is 2. The Morgan fingerprint density at radius 2 is 1.91 bits per heavy atom. The van der Waals surface area contributed by atoms with Gasteiger partial charge in [-0.15, -0.1) is 0 Å². The van der Waals surface area contributed by atoms with E-state index in [0.29, 0.717) is 15.7 Å². The monoisotopic (exact) mass is 327 g/mol. The molecule has 0 N–H and O–H groups in total. The van der Waals surface area contributed by atoms with Gasteiger partial charge < -0.3 is 0 Å². The lowest BCUT2D eigenvalue weighted by atomic mass is 10.1. The molecule has 108 valence electrons. The van der Waals surface area contributed by atoms with Crippen molar-refractivity contribution in [3.05, 3.63) is 69.8 Å². The fourth-order valence-corrected chi connectivity index (χ4v) is 2.55. The second-order valence-corrected chi connectivity index (χ2v) is 5.73. The summed E-state index contributed by atoms with van der Waals surface area (Å²) in [5.41, 5.74) is 3.88. The summed E-state index contributed by atoms with van der Waals surface area (Å²) in [7, 11) is 0. The number of hydrogen-bond acceptors (Lipinski definition) is 2. The molecule has 0 amide bonds. The predicted molar refractivity (Wildman–Crippen MR) is 88.5 cm³/mol. The zero-order chi connectivity index (χ0) is 15.7. The zero-order valence-electron chi connectivity index (χ0n) is 11.7. The lowest BCUT2D eigenvalue weighted by molar-refractivity contribution is 0.880. The third-order valence-corrected chi connectivity index (χ3v) is 3.99. The largest absolute Gasteiger partial charge is 0.232 e. The summed E-state index contributed by atoms with van der Waals surface area (Å²) in [6, 6.07) is 16.9. The van der Waals surface area contributed by atoms with Crippen molar-refractivity contribution in [2.75, 3.05) is 0 Å². The number of nitriles is 1. The Balaban J connectivity index is 2.21. The highest BCUT2D eigenvalue weighted by Crippen LogP contribution is 2.28. The van der Waals surface area contributed by atoms with Crippen LogP contribution in [0.15, 0.2) is 48.5 Å². The molecule has 0 saturated heterocycles.